The maximum absolute atomic E-state index is 9.62. The van der Waals surface area contributed by atoms with Crippen LogP contribution in [0.3, 0.4) is 0 Å². The number of hydrogen-bond acceptors (Lipinski definition) is 6. The Bertz CT molecular complexity index is 300. The van der Waals surface area contributed by atoms with Gasteiger partial charge in [-0.25, -0.2) is 0 Å². The Morgan fingerprint density at radius 3 is 2.36 bits per heavy atom. The van der Waals surface area contributed by atoms with Crippen LogP contribution in [0.15, 0.2) is 0 Å². The summed E-state index contributed by atoms with van der Waals surface area (Å²) in [5, 5.41) is 46.8. The molecule has 0 aromatic carbocycles. The second-order valence-electron chi connectivity index (χ2n) is 3.17. The molecule has 0 spiro atoms. The second kappa shape index (κ2) is 5.01. The van der Waals surface area contributed by atoms with Crippen molar-refractivity contribution in [3.8, 4) is 0 Å². The molecule has 5 N–H and O–H groups in total. The minimum absolute atomic E-state index is 0.531. The highest BCUT2D eigenvalue weighted by Gasteiger charge is 2.40. The van der Waals surface area contributed by atoms with Gasteiger partial charge in [-0.1, -0.05) is 0 Å². The molecule has 0 aliphatic carbocycles. The Hall–Kier alpha value is -0.240. The van der Waals surface area contributed by atoms with Crippen molar-refractivity contribution in [3.05, 3.63) is 0 Å². The van der Waals surface area contributed by atoms with E-state index < -0.39 is 50.6 Å². The molecule has 0 radical (unpaired) electrons. The van der Waals surface area contributed by atoms with E-state index in [2.05, 4.69) is 0 Å². The van der Waals surface area contributed by atoms with Gasteiger partial charge in [0.2, 0.25) is 0 Å². The third-order valence-corrected chi connectivity index (χ3v) is 2.30. The zero-order valence-electron chi connectivity index (χ0n) is 11.4. The van der Waals surface area contributed by atoms with Gasteiger partial charge in [0.15, 0.2) is 0 Å². The van der Waals surface area contributed by atoms with Crippen molar-refractivity contribution < 1.29 is 31.0 Å². The molecule has 0 bridgehead atoms. The summed E-state index contributed by atoms with van der Waals surface area (Å²) in [6.45, 7) is -7.50. The molecule has 1 saturated heterocycles. The monoisotopic (exact) mass is 211 g/mol. The summed E-state index contributed by atoms with van der Waals surface area (Å²) in [5.74, 6) is 0. The Kier molecular flexibility index (Phi) is 2.54. The highest BCUT2D eigenvalue weighted by Crippen LogP contribution is 2.18. The van der Waals surface area contributed by atoms with Crippen LogP contribution in [0.4, 0.5) is 0 Å². The number of likely N-dealkylation sites (tertiary alicyclic amines) is 1. The van der Waals surface area contributed by atoms with E-state index in [1.807, 2.05) is 0 Å². The van der Waals surface area contributed by atoms with Crippen molar-refractivity contribution in [3.63, 3.8) is 0 Å². The predicted molar refractivity (Wildman–Crippen MR) is 47.6 cm³/mol. The fourth-order valence-corrected chi connectivity index (χ4v) is 1.48. The first-order valence-electron chi connectivity index (χ1n) is 6.18. The first-order valence-corrected chi connectivity index (χ1v) is 4.18. The van der Waals surface area contributed by atoms with Crippen molar-refractivity contribution in [1.29, 1.82) is 0 Å². The van der Waals surface area contributed by atoms with Gasteiger partial charge in [-0.15, -0.1) is 0 Å². The molecule has 1 heterocycles. The molecule has 6 heteroatoms. The number of piperidine rings is 1. The topological polar surface area (TPSA) is 104 Å². The zero-order valence-corrected chi connectivity index (χ0v) is 7.41. The van der Waals surface area contributed by atoms with Crippen molar-refractivity contribution in [1.82, 2.24) is 4.90 Å². The lowest BCUT2D eigenvalue weighted by Gasteiger charge is -2.42. The Morgan fingerprint density at radius 2 is 1.86 bits per heavy atom. The number of aliphatic hydroxyl groups is 5. The zero-order chi connectivity index (χ0) is 14.3. The molecular formula is C8H17NO5. The lowest BCUT2D eigenvalue weighted by Crippen LogP contribution is -2.62. The molecule has 0 aromatic rings. The summed E-state index contributed by atoms with van der Waals surface area (Å²) in [5.41, 5.74) is 0. The minimum Gasteiger partial charge on any atom is -0.395 e. The number of hydrogen-bond donors (Lipinski definition) is 5. The smallest absolute Gasteiger partial charge is 0.109 e. The fourth-order valence-electron chi connectivity index (χ4n) is 1.48. The van der Waals surface area contributed by atoms with Gasteiger partial charge in [-0.05, 0) is 0 Å². The van der Waals surface area contributed by atoms with Crippen LogP contribution in [0.2, 0.25) is 0 Å². The van der Waals surface area contributed by atoms with Crippen LogP contribution in [0.25, 0.3) is 0 Å². The Labute approximate surface area is 87.6 Å². The normalized spacial score (nSPS) is 46.4. The highest BCUT2D eigenvalue weighted by molar-refractivity contribution is 4.93. The van der Waals surface area contributed by atoms with E-state index in [1.54, 1.807) is 0 Å². The van der Waals surface area contributed by atoms with Crippen LogP contribution in [0.1, 0.15) is 5.48 Å². The van der Waals surface area contributed by atoms with Gasteiger partial charge in [0, 0.05) is 15.8 Å². The minimum atomic E-state index is -3.26. The quantitative estimate of drug-likeness (QED) is 0.336. The molecule has 84 valence electrons. The Balaban J connectivity index is 3.06. The average Bonchev–Trinajstić information content (AvgIpc) is 2.23. The van der Waals surface area contributed by atoms with E-state index in [0.717, 1.165) is 0 Å². The highest BCUT2D eigenvalue weighted by atomic mass is 16.4. The summed E-state index contributed by atoms with van der Waals surface area (Å²) in [6.07, 6.45) is -4.74. The first-order chi connectivity index (χ1) is 8.04. The van der Waals surface area contributed by atoms with E-state index in [9.17, 15) is 15.3 Å². The second-order valence-corrected chi connectivity index (χ2v) is 3.17. The molecule has 14 heavy (non-hydrogen) atoms. The summed E-state index contributed by atoms with van der Waals surface area (Å²) < 4.78 is 29.0. The first kappa shape index (κ1) is 7.10. The van der Waals surface area contributed by atoms with Crippen molar-refractivity contribution in [2.45, 2.75) is 24.4 Å². The van der Waals surface area contributed by atoms with Crippen LogP contribution in [-0.4, -0.2) is 81.0 Å². The molecule has 4 atom stereocenters. The molecule has 0 amide bonds. The van der Waals surface area contributed by atoms with Gasteiger partial charge in [-0.2, -0.15) is 0 Å². The van der Waals surface area contributed by atoms with Crippen LogP contribution in [0.5, 0.6) is 0 Å². The van der Waals surface area contributed by atoms with Gasteiger partial charge in [0.1, 0.15) is 12.2 Å². The lowest BCUT2D eigenvalue weighted by atomic mass is 9.94. The largest absolute Gasteiger partial charge is 0.395 e. The van der Waals surface area contributed by atoms with Crippen molar-refractivity contribution >= 4 is 0 Å². The number of rotatable bonds is 3. The van der Waals surface area contributed by atoms with Crippen LogP contribution < -0.4 is 0 Å². The fraction of sp³-hybridized carbons (Fsp3) is 1.00. The molecule has 6 nitrogen and oxygen atoms in total. The van der Waals surface area contributed by atoms with E-state index in [0.29, 0.717) is 4.90 Å². The van der Waals surface area contributed by atoms with Crippen molar-refractivity contribution in [2.24, 2.45) is 0 Å². The van der Waals surface area contributed by atoms with Gasteiger partial charge in [0.05, 0.1) is 28.1 Å². The van der Waals surface area contributed by atoms with Crippen molar-refractivity contribution in [2.75, 3.05) is 26.2 Å². The summed E-state index contributed by atoms with van der Waals surface area (Å²) in [7, 11) is 0. The molecule has 1 fully saturated rings. The van der Waals surface area contributed by atoms with Crippen LogP contribution in [-0.2, 0) is 0 Å². The summed E-state index contributed by atoms with van der Waals surface area (Å²) in [6, 6.07) is -1.33. The maximum atomic E-state index is 9.62. The van der Waals surface area contributed by atoms with E-state index in [4.69, 9.17) is 15.7 Å². The van der Waals surface area contributed by atoms with Gasteiger partial charge >= 0.3 is 0 Å². The third kappa shape index (κ3) is 2.22. The standard InChI is InChI=1S/C8H17NO5/c10-2-1-9-3-6(12)8(14)7(13)5(9)4-11/h5-8,10-14H,1-4H2/t5-,6+,7-,8-/m1/s1/i1D2,2D2. The molecule has 1 aliphatic heterocycles. The molecule has 1 rings (SSSR count). The van der Waals surface area contributed by atoms with Crippen LogP contribution in [0, 0.1) is 0 Å². The lowest BCUT2D eigenvalue weighted by molar-refractivity contribution is -0.146. The number of aliphatic hydroxyl groups excluding tert-OH is 4. The molecule has 0 aromatic heterocycles. The van der Waals surface area contributed by atoms with E-state index in [1.165, 1.54) is 0 Å². The number of nitrogens with zero attached hydrogens (tertiary/aromatic N) is 1. The molecular weight excluding hydrogens is 190 g/mol. The van der Waals surface area contributed by atoms with Gasteiger partial charge in [-0.3, -0.25) is 4.90 Å². The molecule has 0 saturated carbocycles. The average molecular weight is 211 g/mol. The van der Waals surface area contributed by atoms with Crippen LogP contribution >= 0.6 is 0 Å². The Morgan fingerprint density at radius 1 is 1.21 bits per heavy atom. The third-order valence-electron chi connectivity index (χ3n) is 2.30. The predicted octanol–water partition coefficient (Wildman–Crippen LogP) is -3.26. The van der Waals surface area contributed by atoms with Gasteiger partial charge in [0.25, 0.3) is 0 Å². The summed E-state index contributed by atoms with van der Waals surface area (Å²) >= 11 is 0. The SMILES string of the molecule is [2H]C([2H])(O)C([2H])([2H])N1C[C@H](O)[C@@H](O)[C@H](O)[C@H]1CO. The van der Waals surface area contributed by atoms with E-state index >= 15 is 0 Å². The molecule has 1 aliphatic rings. The van der Waals surface area contributed by atoms with E-state index in [-0.39, 0.29) is 0 Å². The number of β-amino-alcohol motifs (C(OH)–C–C–N with tert-alkyl or cyclic N) is 2. The summed E-state index contributed by atoms with van der Waals surface area (Å²) in [4.78, 5) is 0.606. The van der Waals surface area contributed by atoms with Gasteiger partial charge < -0.3 is 25.5 Å². The maximum Gasteiger partial charge on any atom is 0.109 e. The molecule has 0 unspecified atom stereocenters.